The molecule has 0 aromatic heterocycles. The Balaban J connectivity index is 0.00000208. The van der Waals surface area contributed by atoms with E-state index in [0.717, 1.165) is 22.6 Å². The van der Waals surface area contributed by atoms with Gasteiger partial charge in [0.2, 0.25) is 5.91 Å². The van der Waals surface area contributed by atoms with E-state index >= 15 is 0 Å². The molecule has 1 amide bonds. The predicted molar refractivity (Wildman–Crippen MR) is 94.5 cm³/mol. The number of fused-ring (bicyclic) bond motifs is 1. The number of nitrogens with one attached hydrogen (secondary N) is 1. The first-order valence-corrected chi connectivity index (χ1v) is 7.68. The molecule has 0 saturated heterocycles. The van der Waals surface area contributed by atoms with E-state index in [1.165, 1.54) is 0 Å². The quantitative estimate of drug-likeness (QED) is 0.871. The lowest BCUT2D eigenvalue weighted by Gasteiger charge is -2.19. The van der Waals surface area contributed by atoms with Crippen LogP contribution in [-0.2, 0) is 11.3 Å². The van der Waals surface area contributed by atoms with E-state index in [2.05, 4.69) is 5.32 Å². The number of nitrogens with two attached hydrogens (primary N) is 1. The summed E-state index contributed by atoms with van der Waals surface area (Å²) in [4.78, 5) is 12.0. The molecule has 1 unspecified atom stereocenters. The number of rotatable bonds is 5. The fraction of sp³-hybridized carbons (Fsp3) is 0.278. The van der Waals surface area contributed by atoms with Crippen LogP contribution in [0, 0.1) is 0 Å². The van der Waals surface area contributed by atoms with Gasteiger partial charge in [-0.05, 0) is 23.3 Å². The fourth-order valence-electron chi connectivity index (χ4n) is 2.49. The average Bonchev–Trinajstić information content (AvgIpc) is 2.60. The number of hydrogen-bond acceptors (Lipinski definition) is 4. The molecule has 128 valence electrons. The largest absolute Gasteiger partial charge is 0.486 e. The molecule has 2 aromatic rings. The third kappa shape index (κ3) is 4.63. The third-order valence-corrected chi connectivity index (χ3v) is 3.73. The van der Waals surface area contributed by atoms with Crippen LogP contribution in [0.5, 0.6) is 11.5 Å². The summed E-state index contributed by atoms with van der Waals surface area (Å²) in [6, 6.07) is 15.0. The van der Waals surface area contributed by atoms with Crippen LogP contribution in [0.3, 0.4) is 0 Å². The third-order valence-electron chi connectivity index (χ3n) is 3.73. The van der Waals surface area contributed by atoms with Gasteiger partial charge in [-0.2, -0.15) is 0 Å². The van der Waals surface area contributed by atoms with Crippen molar-refractivity contribution in [1.29, 1.82) is 0 Å². The van der Waals surface area contributed by atoms with Crippen molar-refractivity contribution in [3.8, 4) is 11.5 Å². The van der Waals surface area contributed by atoms with Gasteiger partial charge in [-0.3, -0.25) is 4.79 Å². The van der Waals surface area contributed by atoms with Gasteiger partial charge in [0.05, 0.1) is 0 Å². The summed E-state index contributed by atoms with van der Waals surface area (Å²) >= 11 is 0. The predicted octanol–water partition coefficient (Wildman–Crippen LogP) is 2.59. The zero-order valence-corrected chi connectivity index (χ0v) is 14.1. The van der Waals surface area contributed by atoms with Crippen LogP contribution in [0.25, 0.3) is 0 Å². The van der Waals surface area contributed by atoms with Crippen LogP contribution < -0.4 is 20.5 Å². The number of carbonyl (C=O) groups excluding carboxylic acids is 1. The highest BCUT2D eigenvalue weighted by Crippen LogP contribution is 2.30. The number of carbonyl (C=O) groups is 1. The first kappa shape index (κ1) is 18.1. The van der Waals surface area contributed by atoms with Gasteiger partial charge >= 0.3 is 0 Å². The molecule has 0 saturated carbocycles. The van der Waals surface area contributed by atoms with Gasteiger partial charge in [0.25, 0.3) is 0 Å². The minimum Gasteiger partial charge on any atom is -0.486 e. The Hall–Kier alpha value is -2.24. The molecule has 3 N–H and O–H groups in total. The van der Waals surface area contributed by atoms with Crippen molar-refractivity contribution in [2.75, 3.05) is 13.2 Å². The van der Waals surface area contributed by atoms with Crippen molar-refractivity contribution in [1.82, 2.24) is 5.32 Å². The second-order valence-corrected chi connectivity index (χ2v) is 5.48. The molecule has 0 aliphatic carbocycles. The Bertz CT molecular complexity index is 679. The number of benzene rings is 2. The average molecular weight is 349 g/mol. The van der Waals surface area contributed by atoms with E-state index in [4.69, 9.17) is 15.2 Å². The smallest absolute Gasteiger partial charge is 0.222 e. The molecule has 1 heterocycles. The molecule has 0 spiro atoms. The van der Waals surface area contributed by atoms with Crippen LogP contribution in [0.1, 0.15) is 23.6 Å². The molecule has 0 fully saturated rings. The minimum atomic E-state index is -0.295. The van der Waals surface area contributed by atoms with Gasteiger partial charge in [-0.25, -0.2) is 0 Å². The number of ether oxygens (including phenoxy) is 2. The number of hydrogen-bond donors (Lipinski definition) is 2. The van der Waals surface area contributed by atoms with Crippen molar-refractivity contribution in [3.63, 3.8) is 0 Å². The highest BCUT2D eigenvalue weighted by Gasteiger charge is 2.13. The molecule has 0 radical (unpaired) electrons. The second-order valence-electron chi connectivity index (χ2n) is 5.48. The van der Waals surface area contributed by atoms with E-state index in [1.54, 1.807) is 0 Å². The molecule has 24 heavy (non-hydrogen) atoms. The van der Waals surface area contributed by atoms with Gasteiger partial charge in [0, 0.05) is 19.0 Å². The summed E-state index contributed by atoms with van der Waals surface area (Å²) in [6.45, 7) is 1.56. The first-order valence-electron chi connectivity index (χ1n) is 7.68. The highest BCUT2D eigenvalue weighted by atomic mass is 35.5. The monoisotopic (exact) mass is 348 g/mol. The molecule has 3 rings (SSSR count). The Morgan fingerprint density at radius 1 is 1.08 bits per heavy atom. The Morgan fingerprint density at radius 2 is 1.79 bits per heavy atom. The Morgan fingerprint density at radius 3 is 2.54 bits per heavy atom. The van der Waals surface area contributed by atoms with Crippen molar-refractivity contribution < 1.29 is 14.3 Å². The SMILES string of the molecule is Cl.NC(CC(=O)NCc1ccc2c(c1)OCCO2)c1ccccc1. The molecule has 0 bridgehead atoms. The molecular weight excluding hydrogens is 328 g/mol. The van der Waals surface area contributed by atoms with E-state index in [1.807, 2.05) is 48.5 Å². The number of halogens is 1. The summed E-state index contributed by atoms with van der Waals surface area (Å²) < 4.78 is 11.0. The number of amides is 1. The van der Waals surface area contributed by atoms with Crippen LogP contribution in [0.4, 0.5) is 0 Å². The van der Waals surface area contributed by atoms with Crippen LogP contribution in [0.15, 0.2) is 48.5 Å². The second kappa shape index (κ2) is 8.57. The Kier molecular flexibility index (Phi) is 6.46. The topological polar surface area (TPSA) is 73.6 Å². The summed E-state index contributed by atoms with van der Waals surface area (Å²) in [5.74, 6) is 1.40. The fourth-order valence-corrected chi connectivity index (χ4v) is 2.49. The molecule has 5 nitrogen and oxygen atoms in total. The minimum absolute atomic E-state index is 0. The van der Waals surface area contributed by atoms with Crippen molar-refractivity contribution >= 4 is 18.3 Å². The van der Waals surface area contributed by atoms with Crippen LogP contribution >= 0.6 is 12.4 Å². The molecular formula is C18H21ClN2O3. The molecule has 6 heteroatoms. The Labute approximate surface area is 147 Å². The normalized spacial score (nSPS) is 13.5. The summed E-state index contributed by atoms with van der Waals surface area (Å²) in [6.07, 6.45) is 0.258. The lowest BCUT2D eigenvalue weighted by atomic mass is 10.0. The van der Waals surface area contributed by atoms with Crippen molar-refractivity contribution in [2.45, 2.75) is 19.0 Å². The lowest BCUT2D eigenvalue weighted by Crippen LogP contribution is -2.27. The van der Waals surface area contributed by atoms with Gasteiger partial charge in [0.15, 0.2) is 11.5 Å². The standard InChI is InChI=1S/C18H20N2O3.ClH/c19-15(14-4-2-1-3-5-14)11-18(21)20-12-13-6-7-16-17(10-13)23-9-8-22-16;/h1-7,10,15H,8-9,11-12,19H2,(H,20,21);1H. The van der Waals surface area contributed by atoms with E-state index < -0.39 is 0 Å². The van der Waals surface area contributed by atoms with Crippen molar-refractivity contribution in [3.05, 3.63) is 59.7 Å². The van der Waals surface area contributed by atoms with Crippen molar-refractivity contribution in [2.24, 2.45) is 5.73 Å². The van der Waals surface area contributed by atoms with Gasteiger partial charge < -0.3 is 20.5 Å². The van der Waals surface area contributed by atoms with Gasteiger partial charge in [0.1, 0.15) is 13.2 Å². The maximum absolute atomic E-state index is 12.0. The maximum atomic E-state index is 12.0. The maximum Gasteiger partial charge on any atom is 0.222 e. The first-order chi connectivity index (χ1) is 11.2. The lowest BCUT2D eigenvalue weighted by molar-refractivity contribution is -0.121. The van der Waals surface area contributed by atoms with Crippen LogP contribution in [-0.4, -0.2) is 19.1 Å². The summed E-state index contributed by atoms with van der Waals surface area (Å²) in [5, 5.41) is 2.89. The molecule has 2 aromatic carbocycles. The van der Waals surface area contributed by atoms with Gasteiger partial charge in [-0.15, -0.1) is 12.4 Å². The highest BCUT2D eigenvalue weighted by molar-refractivity contribution is 5.85. The zero-order valence-electron chi connectivity index (χ0n) is 13.2. The van der Waals surface area contributed by atoms with Gasteiger partial charge in [-0.1, -0.05) is 36.4 Å². The van der Waals surface area contributed by atoms with E-state index in [9.17, 15) is 4.79 Å². The van der Waals surface area contributed by atoms with E-state index in [0.29, 0.717) is 19.8 Å². The molecule has 1 atom stereocenters. The van der Waals surface area contributed by atoms with Crippen LogP contribution in [0.2, 0.25) is 0 Å². The zero-order chi connectivity index (χ0) is 16.1. The molecule has 1 aliphatic rings. The summed E-state index contributed by atoms with van der Waals surface area (Å²) in [5.41, 5.74) is 7.99. The summed E-state index contributed by atoms with van der Waals surface area (Å²) in [7, 11) is 0. The molecule has 1 aliphatic heterocycles. The van der Waals surface area contributed by atoms with E-state index in [-0.39, 0.29) is 30.8 Å².